The zero-order chi connectivity index (χ0) is 17.1. The van der Waals surface area contributed by atoms with Gasteiger partial charge in [-0.2, -0.15) is 4.72 Å². The summed E-state index contributed by atoms with van der Waals surface area (Å²) in [4.78, 5) is 16.9. The molecule has 0 aromatic rings. The fourth-order valence-electron chi connectivity index (χ4n) is 3.68. The standard InChI is InChI=1S/C15H29N3O4S/c1-13(19)12-17-8-10-18(11-9-17)14(20)15(16-23(2,21)22)6-4-3-5-7-15/h13,16,19H,3-12H2,1-2H3/t13-/m0/s1. The van der Waals surface area contributed by atoms with E-state index in [1.165, 1.54) is 0 Å². The first-order chi connectivity index (χ1) is 10.7. The molecule has 0 bridgehead atoms. The van der Waals surface area contributed by atoms with Crippen molar-refractivity contribution in [1.82, 2.24) is 14.5 Å². The molecule has 1 atom stereocenters. The summed E-state index contributed by atoms with van der Waals surface area (Å²) in [5.74, 6) is -0.0840. The average Bonchev–Trinajstić information content (AvgIpc) is 2.46. The minimum atomic E-state index is -3.43. The van der Waals surface area contributed by atoms with Crippen molar-refractivity contribution >= 4 is 15.9 Å². The molecule has 1 heterocycles. The molecule has 0 unspecified atom stereocenters. The van der Waals surface area contributed by atoms with Gasteiger partial charge in [-0.15, -0.1) is 0 Å². The van der Waals surface area contributed by atoms with Crippen LogP contribution >= 0.6 is 0 Å². The van der Waals surface area contributed by atoms with Crippen LogP contribution in [0.2, 0.25) is 0 Å². The first-order valence-corrected chi connectivity index (χ1v) is 10.3. The van der Waals surface area contributed by atoms with Gasteiger partial charge in [-0.05, 0) is 19.8 Å². The molecule has 0 radical (unpaired) electrons. The normalized spacial score (nSPS) is 24.4. The summed E-state index contributed by atoms with van der Waals surface area (Å²) in [5, 5.41) is 9.45. The highest BCUT2D eigenvalue weighted by Gasteiger charge is 2.44. The summed E-state index contributed by atoms with van der Waals surface area (Å²) in [7, 11) is -3.43. The van der Waals surface area contributed by atoms with Crippen LogP contribution in [0.5, 0.6) is 0 Å². The highest BCUT2D eigenvalue weighted by atomic mass is 32.2. The van der Waals surface area contributed by atoms with Crippen molar-refractivity contribution in [3.05, 3.63) is 0 Å². The van der Waals surface area contributed by atoms with Gasteiger partial charge < -0.3 is 10.0 Å². The second kappa shape index (κ2) is 7.46. The number of aliphatic hydroxyl groups excluding tert-OH is 1. The molecular formula is C15H29N3O4S. The fourth-order valence-corrected chi connectivity index (χ4v) is 4.68. The Bertz CT molecular complexity index is 507. The van der Waals surface area contributed by atoms with Gasteiger partial charge in [0.1, 0.15) is 5.54 Å². The summed E-state index contributed by atoms with van der Waals surface area (Å²) in [6.07, 6.45) is 4.68. The molecule has 1 saturated carbocycles. The monoisotopic (exact) mass is 347 g/mol. The fraction of sp³-hybridized carbons (Fsp3) is 0.933. The van der Waals surface area contributed by atoms with Gasteiger partial charge in [-0.25, -0.2) is 8.42 Å². The zero-order valence-electron chi connectivity index (χ0n) is 14.1. The molecule has 23 heavy (non-hydrogen) atoms. The first kappa shape index (κ1) is 18.6. The lowest BCUT2D eigenvalue weighted by atomic mass is 9.81. The van der Waals surface area contributed by atoms with Gasteiger partial charge >= 0.3 is 0 Å². The predicted molar refractivity (Wildman–Crippen MR) is 88.5 cm³/mol. The summed E-state index contributed by atoms with van der Waals surface area (Å²) < 4.78 is 26.1. The minimum Gasteiger partial charge on any atom is -0.392 e. The summed E-state index contributed by atoms with van der Waals surface area (Å²) >= 11 is 0. The third-order valence-electron chi connectivity index (χ3n) is 4.68. The Balaban J connectivity index is 2.04. The smallest absolute Gasteiger partial charge is 0.243 e. The average molecular weight is 347 g/mol. The van der Waals surface area contributed by atoms with Gasteiger partial charge in [0.2, 0.25) is 15.9 Å². The van der Waals surface area contributed by atoms with Crippen LogP contribution in [0, 0.1) is 0 Å². The zero-order valence-corrected chi connectivity index (χ0v) is 14.9. The molecule has 0 aromatic heterocycles. The van der Waals surface area contributed by atoms with Crippen LogP contribution < -0.4 is 4.72 Å². The number of rotatable bonds is 5. The molecule has 0 spiro atoms. The van der Waals surface area contributed by atoms with Crippen molar-refractivity contribution in [1.29, 1.82) is 0 Å². The summed E-state index contributed by atoms with van der Waals surface area (Å²) in [5.41, 5.74) is -0.960. The van der Waals surface area contributed by atoms with E-state index in [0.717, 1.165) is 25.5 Å². The number of piperazine rings is 1. The second-order valence-corrected chi connectivity index (χ2v) is 8.71. The number of amides is 1. The quantitative estimate of drug-likeness (QED) is 0.717. The van der Waals surface area contributed by atoms with E-state index >= 15 is 0 Å². The van der Waals surface area contributed by atoms with Crippen LogP contribution in [-0.4, -0.2) is 79.9 Å². The maximum Gasteiger partial charge on any atom is 0.243 e. The molecule has 1 aliphatic heterocycles. The molecule has 1 saturated heterocycles. The first-order valence-electron chi connectivity index (χ1n) is 8.41. The van der Waals surface area contributed by atoms with Crippen LogP contribution in [0.4, 0.5) is 0 Å². The van der Waals surface area contributed by atoms with Crippen molar-refractivity contribution < 1.29 is 18.3 Å². The van der Waals surface area contributed by atoms with E-state index in [2.05, 4.69) is 9.62 Å². The maximum atomic E-state index is 13.0. The lowest BCUT2D eigenvalue weighted by Crippen LogP contribution is -2.63. The van der Waals surface area contributed by atoms with Crippen molar-refractivity contribution in [2.24, 2.45) is 0 Å². The lowest BCUT2D eigenvalue weighted by molar-refractivity contribution is -0.141. The van der Waals surface area contributed by atoms with Gasteiger partial charge in [0.25, 0.3) is 0 Å². The van der Waals surface area contributed by atoms with Crippen LogP contribution in [0.15, 0.2) is 0 Å². The van der Waals surface area contributed by atoms with Crippen molar-refractivity contribution in [3.63, 3.8) is 0 Å². The minimum absolute atomic E-state index is 0.0840. The van der Waals surface area contributed by atoms with Gasteiger partial charge in [0, 0.05) is 32.7 Å². The van der Waals surface area contributed by atoms with Gasteiger partial charge in [-0.3, -0.25) is 9.69 Å². The van der Waals surface area contributed by atoms with Crippen LogP contribution in [-0.2, 0) is 14.8 Å². The van der Waals surface area contributed by atoms with Crippen molar-refractivity contribution in [2.75, 3.05) is 39.0 Å². The molecular weight excluding hydrogens is 318 g/mol. The highest BCUT2D eigenvalue weighted by molar-refractivity contribution is 7.88. The van der Waals surface area contributed by atoms with E-state index in [9.17, 15) is 18.3 Å². The van der Waals surface area contributed by atoms with Gasteiger partial charge in [0.05, 0.1) is 12.4 Å². The lowest BCUT2D eigenvalue weighted by Gasteiger charge is -2.43. The van der Waals surface area contributed by atoms with Crippen LogP contribution in [0.1, 0.15) is 39.0 Å². The predicted octanol–water partition coefficient (Wildman–Crippen LogP) is -0.236. The number of carbonyl (C=O) groups excluding carboxylic acids is 1. The molecule has 7 nitrogen and oxygen atoms in total. The van der Waals surface area contributed by atoms with E-state index in [1.54, 1.807) is 11.8 Å². The number of β-amino-alcohol motifs (C(OH)–C–C–N with tert-alkyl or cyclic N) is 1. The molecule has 2 rings (SSSR count). The van der Waals surface area contributed by atoms with E-state index in [1.807, 2.05) is 0 Å². The Morgan fingerprint density at radius 1 is 1.17 bits per heavy atom. The highest BCUT2D eigenvalue weighted by Crippen LogP contribution is 2.31. The Labute approximate surface area is 139 Å². The van der Waals surface area contributed by atoms with Gasteiger partial charge in [-0.1, -0.05) is 19.3 Å². The second-order valence-electron chi connectivity index (χ2n) is 6.96. The molecule has 8 heteroatoms. The third kappa shape index (κ3) is 5.14. The largest absolute Gasteiger partial charge is 0.392 e. The van der Waals surface area contributed by atoms with E-state index < -0.39 is 15.6 Å². The summed E-state index contributed by atoms with van der Waals surface area (Å²) in [6, 6.07) is 0. The number of nitrogens with one attached hydrogen (secondary N) is 1. The van der Waals surface area contributed by atoms with Crippen LogP contribution in [0.25, 0.3) is 0 Å². The Hall–Kier alpha value is -0.700. The van der Waals surface area contributed by atoms with E-state index in [4.69, 9.17) is 0 Å². The van der Waals surface area contributed by atoms with E-state index in [0.29, 0.717) is 45.6 Å². The topological polar surface area (TPSA) is 89.9 Å². The third-order valence-corrected chi connectivity index (χ3v) is 5.44. The summed E-state index contributed by atoms with van der Waals surface area (Å²) in [6.45, 7) is 4.95. The Morgan fingerprint density at radius 2 is 1.74 bits per heavy atom. The molecule has 2 fully saturated rings. The SMILES string of the molecule is C[C@H](O)CN1CCN(C(=O)C2(NS(C)(=O)=O)CCCCC2)CC1. The number of aliphatic hydroxyl groups is 1. The van der Waals surface area contributed by atoms with Crippen molar-refractivity contribution in [2.45, 2.75) is 50.7 Å². The molecule has 1 amide bonds. The number of nitrogens with zero attached hydrogens (tertiary/aromatic N) is 2. The van der Waals surface area contributed by atoms with Gasteiger partial charge in [0.15, 0.2) is 0 Å². The molecule has 2 aliphatic rings. The Morgan fingerprint density at radius 3 is 2.22 bits per heavy atom. The molecule has 2 N–H and O–H groups in total. The molecule has 1 aliphatic carbocycles. The van der Waals surface area contributed by atoms with Crippen LogP contribution in [0.3, 0.4) is 0 Å². The Kier molecular flexibility index (Phi) is 6.05. The maximum absolute atomic E-state index is 13.0. The number of carbonyl (C=O) groups is 1. The molecule has 0 aromatic carbocycles. The number of hydrogen-bond donors (Lipinski definition) is 2. The van der Waals surface area contributed by atoms with E-state index in [-0.39, 0.29) is 12.0 Å². The molecule has 134 valence electrons. The number of hydrogen-bond acceptors (Lipinski definition) is 5. The van der Waals surface area contributed by atoms with Crippen molar-refractivity contribution in [3.8, 4) is 0 Å². The number of sulfonamides is 1.